The van der Waals surface area contributed by atoms with E-state index in [4.69, 9.17) is 19.2 Å². The van der Waals surface area contributed by atoms with Gasteiger partial charge in [-0.3, -0.25) is 15.1 Å². The SMILES string of the molecule is COC(=O)CC[C@@H](C)[C@H]1CC[C@H]2[C@@H]3[C@H](OC(=O)NC(C)(C)C)C[C@@H]4C[C@H](NC5=NCCCN5)CC[C@]4(C)[C@H]3C[C@H](OC(=O)Nc3ccccc3)[C@]12C. The van der Waals surface area contributed by atoms with Crippen LogP contribution in [0, 0.1) is 46.3 Å². The highest BCUT2D eigenvalue weighted by Gasteiger charge is 2.67. The molecular weight excluding hydrogens is 658 g/mol. The number of methoxy groups -OCH3 is 1. The van der Waals surface area contributed by atoms with Gasteiger partial charge in [-0.25, -0.2) is 9.59 Å². The van der Waals surface area contributed by atoms with Crippen LogP contribution in [-0.4, -0.2) is 68.1 Å². The second-order valence-electron chi connectivity index (χ2n) is 17.9. The van der Waals surface area contributed by atoms with Crippen molar-refractivity contribution in [1.82, 2.24) is 16.0 Å². The number of carbonyl (C=O) groups excluding carboxylic acids is 3. The summed E-state index contributed by atoms with van der Waals surface area (Å²) in [7, 11) is 1.44. The number of rotatable bonds is 8. The van der Waals surface area contributed by atoms with E-state index in [2.05, 4.69) is 42.0 Å². The van der Waals surface area contributed by atoms with Crippen molar-refractivity contribution in [2.24, 2.45) is 51.3 Å². The number of nitrogens with zero attached hydrogens (tertiary/aromatic N) is 1. The summed E-state index contributed by atoms with van der Waals surface area (Å²) in [6.07, 6.45) is 7.19. The molecule has 11 atom stereocenters. The Balaban J connectivity index is 1.34. The average molecular weight is 722 g/mol. The molecule has 1 aromatic carbocycles. The molecule has 2 amide bonds. The van der Waals surface area contributed by atoms with Crippen LogP contribution in [0.4, 0.5) is 15.3 Å². The summed E-state index contributed by atoms with van der Waals surface area (Å²) >= 11 is 0. The van der Waals surface area contributed by atoms with Crippen LogP contribution in [0.2, 0.25) is 0 Å². The minimum atomic E-state index is -0.439. The molecule has 52 heavy (non-hydrogen) atoms. The second-order valence-corrected chi connectivity index (χ2v) is 17.9. The van der Waals surface area contributed by atoms with Crippen LogP contribution in [0.1, 0.15) is 106 Å². The molecule has 0 saturated heterocycles. The quantitative estimate of drug-likeness (QED) is 0.162. The molecule has 0 radical (unpaired) electrons. The summed E-state index contributed by atoms with van der Waals surface area (Å²) in [4.78, 5) is 44.3. The van der Waals surface area contributed by atoms with Crippen LogP contribution in [0.3, 0.4) is 0 Å². The first-order valence-electron chi connectivity index (χ1n) is 19.8. The van der Waals surface area contributed by atoms with Crippen LogP contribution in [0.25, 0.3) is 0 Å². The lowest BCUT2D eigenvalue weighted by Crippen LogP contribution is -2.64. The van der Waals surface area contributed by atoms with Gasteiger partial charge in [-0.2, -0.15) is 0 Å². The Morgan fingerprint density at radius 3 is 2.46 bits per heavy atom. The number of fused-ring (bicyclic) bond motifs is 5. The van der Waals surface area contributed by atoms with Gasteiger partial charge in [-0.15, -0.1) is 0 Å². The lowest BCUT2D eigenvalue weighted by atomic mass is 9.43. The molecule has 6 rings (SSSR count). The number of hydrogen-bond donors (Lipinski definition) is 4. The number of guanidine groups is 1. The van der Waals surface area contributed by atoms with E-state index in [1.807, 2.05) is 51.1 Å². The molecule has 0 bridgehead atoms. The first-order valence-corrected chi connectivity index (χ1v) is 19.8. The van der Waals surface area contributed by atoms with Gasteiger partial charge in [0.2, 0.25) is 0 Å². The predicted molar refractivity (Wildman–Crippen MR) is 202 cm³/mol. The van der Waals surface area contributed by atoms with Gasteiger partial charge >= 0.3 is 18.2 Å². The summed E-state index contributed by atoms with van der Waals surface area (Å²) in [5, 5.41) is 13.2. The highest BCUT2D eigenvalue weighted by atomic mass is 16.6. The number of anilines is 1. The monoisotopic (exact) mass is 721 g/mol. The third-order valence-corrected chi connectivity index (χ3v) is 13.8. The average Bonchev–Trinajstić information content (AvgIpc) is 3.46. The van der Waals surface area contributed by atoms with Crippen LogP contribution in [0.15, 0.2) is 35.3 Å². The van der Waals surface area contributed by atoms with Gasteiger partial charge in [0.15, 0.2) is 5.96 Å². The Kier molecular flexibility index (Phi) is 11.4. The molecule has 4 saturated carbocycles. The maximum atomic E-state index is 13.7. The van der Waals surface area contributed by atoms with Gasteiger partial charge in [0.25, 0.3) is 0 Å². The number of ether oxygens (including phenoxy) is 3. The Hall–Kier alpha value is -3.50. The van der Waals surface area contributed by atoms with Crippen molar-refractivity contribution in [3.63, 3.8) is 0 Å². The minimum Gasteiger partial charge on any atom is -0.469 e. The van der Waals surface area contributed by atoms with Crippen molar-refractivity contribution in [2.75, 3.05) is 25.5 Å². The lowest BCUT2D eigenvalue weighted by molar-refractivity contribution is -0.201. The standard InChI is InChI=1S/C41H63N5O6/c1-25(14-17-34(47)50-7)29-15-16-30-35-31(24-33(41(29,30)6)52-37(48)45-27-12-9-8-10-13-27)40(5)19-18-28(44-36-42-20-11-21-43-36)22-26(40)23-32(35)51-38(49)46-39(2,3)4/h8-10,12-13,25-26,28-33,35H,11,14-24H2,1-7H3,(H,45,48)(H,46,49)(H2,42,43,44)/t25-,26+,28-,29-,30+,31+,32-,33+,35+,40+,41-/m1/s1. The summed E-state index contributed by atoms with van der Waals surface area (Å²) in [5.74, 6) is 1.94. The van der Waals surface area contributed by atoms with Crippen molar-refractivity contribution in [1.29, 1.82) is 0 Å². The number of carbonyl (C=O) groups is 3. The second kappa shape index (κ2) is 15.5. The number of amides is 2. The number of esters is 1. The number of benzene rings is 1. The van der Waals surface area contributed by atoms with Crippen molar-refractivity contribution in [3.8, 4) is 0 Å². The fraction of sp³-hybridized carbons (Fsp3) is 0.756. The van der Waals surface area contributed by atoms with Crippen molar-refractivity contribution in [3.05, 3.63) is 30.3 Å². The predicted octanol–water partition coefficient (Wildman–Crippen LogP) is 7.27. The number of hydrogen-bond acceptors (Lipinski definition) is 9. The van der Waals surface area contributed by atoms with E-state index in [1.165, 1.54) is 7.11 Å². The Morgan fingerprint density at radius 2 is 1.77 bits per heavy atom. The molecular formula is C41H63N5O6. The minimum absolute atomic E-state index is 0.0154. The van der Waals surface area contributed by atoms with Crippen LogP contribution in [0.5, 0.6) is 0 Å². The molecule has 0 spiro atoms. The Bertz CT molecular complexity index is 1460. The molecule has 1 heterocycles. The molecule has 1 aromatic rings. The van der Waals surface area contributed by atoms with Crippen molar-refractivity contribution < 1.29 is 28.6 Å². The van der Waals surface area contributed by atoms with E-state index in [0.29, 0.717) is 30.9 Å². The summed E-state index contributed by atoms with van der Waals surface area (Å²) in [5.41, 5.74) is -0.117. The fourth-order valence-corrected chi connectivity index (χ4v) is 11.3. The number of nitrogens with one attached hydrogen (secondary N) is 4. The van der Waals surface area contributed by atoms with E-state index in [-0.39, 0.29) is 70.7 Å². The first kappa shape index (κ1) is 38.2. The number of aliphatic imine (C=N–C) groups is 1. The smallest absolute Gasteiger partial charge is 0.411 e. The molecule has 4 N–H and O–H groups in total. The van der Waals surface area contributed by atoms with Gasteiger partial charge in [0.05, 0.1) is 7.11 Å². The summed E-state index contributed by atoms with van der Waals surface area (Å²) in [6, 6.07) is 9.74. The van der Waals surface area contributed by atoms with Gasteiger partial charge in [-0.1, -0.05) is 39.0 Å². The zero-order valence-electron chi connectivity index (χ0n) is 32.5. The fourth-order valence-electron chi connectivity index (χ4n) is 11.3. The molecule has 4 fully saturated rings. The van der Waals surface area contributed by atoms with Gasteiger partial charge < -0.3 is 30.2 Å². The number of para-hydroxylation sites is 1. The van der Waals surface area contributed by atoms with Crippen molar-refractivity contribution >= 4 is 29.8 Å². The largest absolute Gasteiger partial charge is 0.469 e. The normalized spacial score (nSPS) is 35.9. The Morgan fingerprint density at radius 1 is 1.00 bits per heavy atom. The molecule has 1 aliphatic heterocycles. The topological polar surface area (TPSA) is 139 Å². The van der Waals surface area contributed by atoms with E-state index in [9.17, 15) is 14.4 Å². The third kappa shape index (κ3) is 8.03. The van der Waals surface area contributed by atoms with Crippen molar-refractivity contribution in [2.45, 2.75) is 130 Å². The van der Waals surface area contributed by atoms with Crippen LogP contribution < -0.4 is 21.3 Å². The van der Waals surface area contributed by atoms with Gasteiger partial charge in [0, 0.05) is 48.1 Å². The molecule has 11 nitrogen and oxygen atoms in total. The van der Waals surface area contributed by atoms with E-state index < -0.39 is 11.6 Å². The third-order valence-electron chi connectivity index (χ3n) is 13.8. The maximum Gasteiger partial charge on any atom is 0.411 e. The summed E-state index contributed by atoms with van der Waals surface area (Å²) < 4.78 is 18.2. The molecule has 11 heteroatoms. The maximum absolute atomic E-state index is 13.7. The molecule has 288 valence electrons. The molecule has 0 aromatic heterocycles. The van der Waals surface area contributed by atoms with E-state index >= 15 is 0 Å². The summed E-state index contributed by atoms with van der Waals surface area (Å²) in [6.45, 7) is 14.7. The highest BCUT2D eigenvalue weighted by Crippen LogP contribution is 2.69. The van der Waals surface area contributed by atoms with E-state index in [1.54, 1.807) is 0 Å². The molecule has 4 aliphatic carbocycles. The first-order chi connectivity index (χ1) is 24.7. The van der Waals surface area contributed by atoms with Gasteiger partial charge in [-0.05, 0) is 126 Å². The number of alkyl carbamates (subject to hydrolysis) is 1. The zero-order chi connectivity index (χ0) is 37.3. The van der Waals surface area contributed by atoms with E-state index in [0.717, 1.165) is 64.0 Å². The van der Waals surface area contributed by atoms with Gasteiger partial charge in [0.1, 0.15) is 12.2 Å². The van der Waals surface area contributed by atoms with Crippen LogP contribution >= 0.6 is 0 Å². The Labute approximate surface area is 310 Å². The molecule has 0 unspecified atom stereocenters. The zero-order valence-corrected chi connectivity index (χ0v) is 32.5. The molecule has 5 aliphatic rings. The van der Waals surface area contributed by atoms with Crippen LogP contribution in [-0.2, 0) is 19.0 Å². The lowest BCUT2D eigenvalue weighted by Gasteiger charge is -2.64. The highest BCUT2D eigenvalue weighted by molar-refractivity contribution is 5.84.